The molecule has 1 aliphatic heterocycles. The smallest absolute Gasteiger partial charge is 0.238 e. The summed E-state index contributed by atoms with van der Waals surface area (Å²) in [5.41, 5.74) is 2.74. The molecule has 1 saturated heterocycles. The van der Waals surface area contributed by atoms with E-state index >= 15 is 0 Å². The molecule has 1 aliphatic rings. The fourth-order valence-electron chi connectivity index (χ4n) is 2.93. The zero-order valence-corrected chi connectivity index (χ0v) is 17.4. The summed E-state index contributed by atoms with van der Waals surface area (Å²) in [5, 5.41) is 5.42. The van der Waals surface area contributed by atoms with Crippen molar-refractivity contribution < 1.29 is 9.47 Å². The van der Waals surface area contributed by atoms with Crippen LogP contribution in [0.1, 0.15) is 5.56 Å². The Morgan fingerprint density at radius 2 is 1.90 bits per heavy atom. The quantitative estimate of drug-likeness (QED) is 0.408. The third-order valence-corrected chi connectivity index (χ3v) is 5.27. The van der Waals surface area contributed by atoms with Crippen molar-refractivity contribution in [1.82, 2.24) is 14.7 Å². The van der Waals surface area contributed by atoms with Crippen molar-refractivity contribution in [1.29, 1.82) is 0 Å². The van der Waals surface area contributed by atoms with Gasteiger partial charge in [0.05, 0.1) is 41.0 Å². The molecule has 0 unspecified atom stereocenters. The van der Waals surface area contributed by atoms with E-state index in [1.807, 2.05) is 43.7 Å². The fraction of sp³-hybridized carbons (Fsp3) is 0.238. The molecule has 6 nitrogen and oxygen atoms in total. The van der Waals surface area contributed by atoms with Crippen LogP contribution in [0.2, 0.25) is 10.0 Å². The third-order valence-electron chi connectivity index (χ3n) is 4.53. The Kier molecular flexibility index (Phi) is 6.04. The molecule has 8 heteroatoms. The molecule has 0 N–H and O–H groups in total. The Bertz CT molecular complexity index is 1030. The van der Waals surface area contributed by atoms with E-state index in [1.165, 1.54) is 0 Å². The second-order valence-corrected chi connectivity index (χ2v) is 7.45. The summed E-state index contributed by atoms with van der Waals surface area (Å²) in [6.45, 7) is 5.23. The number of hydrogen-bond acceptors (Lipinski definition) is 4. The van der Waals surface area contributed by atoms with Crippen LogP contribution in [0.3, 0.4) is 0 Å². The van der Waals surface area contributed by atoms with Gasteiger partial charge in [0.2, 0.25) is 5.88 Å². The van der Waals surface area contributed by atoms with Crippen molar-refractivity contribution in [2.24, 2.45) is 4.99 Å². The van der Waals surface area contributed by atoms with E-state index in [2.05, 4.69) is 15.0 Å². The molecule has 0 spiro atoms. The normalized spacial score (nSPS) is 14.5. The summed E-state index contributed by atoms with van der Waals surface area (Å²) >= 11 is 12.1. The van der Waals surface area contributed by atoms with Crippen LogP contribution >= 0.6 is 23.2 Å². The molecular formula is C21H20Cl2N4O2. The average molecular weight is 431 g/mol. The standard InChI is InChI=1S/C21H20Cl2N4O2/c1-15-12-17(3-5-20(15)24-14-26-8-10-28-11-9-26)29-21-6-7-27(25-21)16-2-4-18(22)19(23)13-16/h2-7,12-14H,8-11H2,1H3. The Balaban J connectivity index is 1.44. The Labute approximate surface area is 179 Å². The Morgan fingerprint density at radius 3 is 2.66 bits per heavy atom. The van der Waals surface area contributed by atoms with Crippen LogP contribution in [0.15, 0.2) is 53.7 Å². The van der Waals surface area contributed by atoms with Crippen LogP contribution in [-0.2, 0) is 4.74 Å². The third kappa shape index (κ3) is 4.90. The van der Waals surface area contributed by atoms with E-state index < -0.39 is 0 Å². The summed E-state index contributed by atoms with van der Waals surface area (Å²) in [4.78, 5) is 6.74. The minimum atomic E-state index is 0.478. The minimum Gasteiger partial charge on any atom is -0.438 e. The topological polar surface area (TPSA) is 51.9 Å². The zero-order chi connectivity index (χ0) is 20.2. The summed E-state index contributed by atoms with van der Waals surface area (Å²) in [5.74, 6) is 1.19. The minimum absolute atomic E-state index is 0.478. The molecule has 150 valence electrons. The van der Waals surface area contributed by atoms with Gasteiger partial charge in [0.15, 0.2) is 0 Å². The maximum absolute atomic E-state index is 6.08. The predicted molar refractivity (Wildman–Crippen MR) is 115 cm³/mol. The van der Waals surface area contributed by atoms with Gasteiger partial charge in [-0.15, -0.1) is 5.10 Å². The largest absolute Gasteiger partial charge is 0.438 e. The zero-order valence-electron chi connectivity index (χ0n) is 15.9. The second-order valence-electron chi connectivity index (χ2n) is 6.64. The number of morpholine rings is 1. The van der Waals surface area contributed by atoms with Gasteiger partial charge in [0, 0.05) is 25.4 Å². The highest BCUT2D eigenvalue weighted by Crippen LogP contribution is 2.28. The van der Waals surface area contributed by atoms with E-state index in [-0.39, 0.29) is 0 Å². The van der Waals surface area contributed by atoms with Gasteiger partial charge in [0.1, 0.15) is 5.75 Å². The molecule has 0 bridgehead atoms. The first kappa shape index (κ1) is 19.8. The molecule has 0 amide bonds. The summed E-state index contributed by atoms with van der Waals surface area (Å²) in [6.07, 6.45) is 3.69. The highest BCUT2D eigenvalue weighted by Gasteiger charge is 2.08. The summed E-state index contributed by atoms with van der Waals surface area (Å²) in [7, 11) is 0. The highest BCUT2D eigenvalue weighted by molar-refractivity contribution is 6.42. The monoisotopic (exact) mass is 430 g/mol. The van der Waals surface area contributed by atoms with E-state index in [1.54, 1.807) is 22.9 Å². The van der Waals surface area contributed by atoms with E-state index in [9.17, 15) is 0 Å². The van der Waals surface area contributed by atoms with Crippen molar-refractivity contribution in [2.45, 2.75) is 6.92 Å². The number of aryl methyl sites for hydroxylation is 1. The lowest BCUT2D eigenvalue weighted by atomic mass is 10.2. The first-order valence-electron chi connectivity index (χ1n) is 9.24. The van der Waals surface area contributed by atoms with Gasteiger partial charge in [0.25, 0.3) is 0 Å². The first-order valence-corrected chi connectivity index (χ1v) is 10.00. The summed E-state index contributed by atoms with van der Waals surface area (Å²) in [6, 6.07) is 12.9. The molecule has 0 radical (unpaired) electrons. The number of rotatable bonds is 5. The van der Waals surface area contributed by atoms with Crippen molar-refractivity contribution in [2.75, 3.05) is 26.3 Å². The van der Waals surface area contributed by atoms with Gasteiger partial charge in [-0.2, -0.15) is 0 Å². The van der Waals surface area contributed by atoms with E-state index in [4.69, 9.17) is 32.7 Å². The van der Waals surface area contributed by atoms with Gasteiger partial charge in [-0.25, -0.2) is 9.67 Å². The second kappa shape index (κ2) is 8.86. The van der Waals surface area contributed by atoms with E-state index in [0.717, 1.165) is 43.2 Å². The maximum Gasteiger partial charge on any atom is 0.238 e. The molecule has 29 heavy (non-hydrogen) atoms. The number of ether oxygens (including phenoxy) is 2. The number of nitrogens with zero attached hydrogens (tertiary/aromatic N) is 4. The fourth-order valence-corrected chi connectivity index (χ4v) is 3.22. The molecular weight excluding hydrogens is 411 g/mol. The first-order chi connectivity index (χ1) is 14.1. The van der Waals surface area contributed by atoms with Crippen LogP contribution in [0.25, 0.3) is 5.69 Å². The molecule has 0 atom stereocenters. The van der Waals surface area contributed by atoms with Crippen LogP contribution in [-0.4, -0.2) is 47.3 Å². The number of aliphatic imine (C=N–C) groups is 1. The van der Waals surface area contributed by atoms with Gasteiger partial charge in [-0.05, 0) is 48.9 Å². The highest BCUT2D eigenvalue weighted by atomic mass is 35.5. The van der Waals surface area contributed by atoms with Crippen LogP contribution < -0.4 is 4.74 Å². The van der Waals surface area contributed by atoms with Crippen LogP contribution in [0.4, 0.5) is 5.69 Å². The SMILES string of the molecule is Cc1cc(Oc2ccn(-c3ccc(Cl)c(Cl)c3)n2)ccc1N=CN1CCOCC1. The van der Waals surface area contributed by atoms with Crippen LogP contribution in [0.5, 0.6) is 11.6 Å². The molecule has 0 saturated carbocycles. The molecule has 0 aliphatic carbocycles. The lowest BCUT2D eigenvalue weighted by Crippen LogP contribution is -2.35. The molecule has 3 aromatic rings. The lowest BCUT2D eigenvalue weighted by molar-refractivity contribution is 0.0701. The average Bonchev–Trinajstić information content (AvgIpc) is 3.19. The van der Waals surface area contributed by atoms with Crippen molar-refractivity contribution in [3.63, 3.8) is 0 Å². The molecule has 1 fully saturated rings. The van der Waals surface area contributed by atoms with Crippen molar-refractivity contribution in [3.8, 4) is 17.3 Å². The lowest BCUT2D eigenvalue weighted by Gasteiger charge is -2.24. The van der Waals surface area contributed by atoms with Crippen molar-refractivity contribution >= 4 is 35.2 Å². The van der Waals surface area contributed by atoms with Gasteiger partial charge < -0.3 is 14.4 Å². The maximum atomic E-state index is 6.08. The summed E-state index contributed by atoms with van der Waals surface area (Å²) < 4.78 is 12.9. The van der Waals surface area contributed by atoms with E-state index in [0.29, 0.717) is 21.7 Å². The predicted octanol–water partition coefficient (Wildman–Crippen LogP) is 5.27. The number of halogens is 2. The van der Waals surface area contributed by atoms with Gasteiger partial charge in [-0.3, -0.25) is 0 Å². The number of benzene rings is 2. The van der Waals surface area contributed by atoms with Gasteiger partial charge >= 0.3 is 0 Å². The van der Waals surface area contributed by atoms with Crippen molar-refractivity contribution in [3.05, 3.63) is 64.3 Å². The Hall–Kier alpha value is -2.54. The number of aromatic nitrogens is 2. The Morgan fingerprint density at radius 1 is 1.07 bits per heavy atom. The number of hydrogen-bond donors (Lipinski definition) is 0. The van der Waals surface area contributed by atoms with Crippen LogP contribution in [0, 0.1) is 6.92 Å². The molecule has 4 rings (SSSR count). The molecule has 2 heterocycles. The molecule has 1 aromatic heterocycles. The van der Waals surface area contributed by atoms with Gasteiger partial charge in [-0.1, -0.05) is 23.2 Å². The molecule has 2 aromatic carbocycles.